The van der Waals surface area contributed by atoms with Gasteiger partial charge < -0.3 is 15.8 Å². The summed E-state index contributed by atoms with van der Waals surface area (Å²) in [5, 5.41) is 3.35. The molecule has 1 aromatic heterocycles. The maximum absolute atomic E-state index is 13.5. The van der Waals surface area contributed by atoms with Crippen LogP contribution in [0.1, 0.15) is 41.2 Å². The highest BCUT2D eigenvalue weighted by atomic mass is 35.5. The first kappa shape index (κ1) is 26.9. The second-order valence-corrected chi connectivity index (χ2v) is 9.62. The van der Waals surface area contributed by atoms with Crippen molar-refractivity contribution < 1.29 is 14.3 Å². The number of carbonyl (C=O) groups excluding carboxylic acids is 2. The number of aldehydes is 1. The summed E-state index contributed by atoms with van der Waals surface area (Å²) in [6, 6.07) is 12.6. The van der Waals surface area contributed by atoms with Gasteiger partial charge in [0, 0.05) is 46.2 Å². The molecular formula is C29H29ClN4O4. The average molecular weight is 533 g/mol. The Bertz CT molecular complexity index is 1460. The number of hydrogen-bond donors (Lipinski definition) is 2. The molecule has 0 saturated heterocycles. The number of anilines is 1. The third-order valence-corrected chi connectivity index (χ3v) is 6.50. The SMILES string of the molecule is COc1cn([C@@H](CC(N)=CC=NC2CC2)C(=O)Nc2ccc(C=O)cc2)c(=O)cc1-c1cc(Cl)ccc1C. The van der Waals surface area contributed by atoms with Crippen molar-refractivity contribution in [1.29, 1.82) is 0 Å². The number of aryl methyl sites for hydroxylation is 1. The van der Waals surface area contributed by atoms with Gasteiger partial charge in [-0.25, -0.2) is 0 Å². The summed E-state index contributed by atoms with van der Waals surface area (Å²) in [6.45, 7) is 1.91. The molecule has 0 aliphatic heterocycles. The maximum Gasteiger partial charge on any atom is 0.252 e. The fourth-order valence-corrected chi connectivity index (χ4v) is 4.17. The number of hydrogen-bond acceptors (Lipinski definition) is 6. The van der Waals surface area contributed by atoms with E-state index in [1.807, 2.05) is 13.0 Å². The number of aliphatic imine (C=N–C) groups is 1. The van der Waals surface area contributed by atoms with E-state index in [9.17, 15) is 14.4 Å². The highest BCUT2D eigenvalue weighted by Gasteiger charge is 2.25. The minimum Gasteiger partial charge on any atom is -0.495 e. The van der Waals surface area contributed by atoms with Crippen molar-refractivity contribution in [3.63, 3.8) is 0 Å². The quantitative estimate of drug-likeness (QED) is 0.283. The molecule has 1 heterocycles. The number of pyridine rings is 1. The molecule has 1 aliphatic rings. The first-order valence-corrected chi connectivity index (χ1v) is 12.6. The minimum absolute atomic E-state index is 0.0630. The van der Waals surface area contributed by atoms with Gasteiger partial charge in [-0.15, -0.1) is 0 Å². The minimum atomic E-state index is -0.984. The highest BCUT2D eigenvalue weighted by Crippen LogP contribution is 2.33. The van der Waals surface area contributed by atoms with Gasteiger partial charge in [-0.05, 0) is 73.4 Å². The van der Waals surface area contributed by atoms with Crippen LogP contribution in [-0.2, 0) is 4.79 Å². The van der Waals surface area contributed by atoms with Crippen LogP contribution in [0.3, 0.4) is 0 Å². The van der Waals surface area contributed by atoms with Gasteiger partial charge >= 0.3 is 0 Å². The van der Waals surface area contributed by atoms with E-state index < -0.39 is 17.5 Å². The van der Waals surface area contributed by atoms with Crippen LogP contribution in [0.25, 0.3) is 11.1 Å². The van der Waals surface area contributed by atoms with Gasteiger partial charge in [0.05, 0.1) is 19.3 Å². The molecule has 1 aliphatic carbocycles. The third-order valence-electron chi connectivity index (χ3n) is 6.27. The Labute approximate surface area is 225 Å². The van der Waals surface area contributed by atoms with Gasteiger partial charge in [0.1, 0.15) is 18.1 Å². The van der Waals surface area contributed by atoms with E-state index in [4.69, 9.17) is 22.1 Å². The normalized spacial score (nSPS) is 14.3. The molecule has 38 heavy (non-hydrogen) atoms. The summed E-state index contributed by atoms with van der Waals surface area (Å²) in [5.74, 6) is -0.0453. The molecule has 3 aromatic rings. The molecule has 1 amide bonds. The summed E-state index contributed by atoms with van der Waals surface area (Å²) >= 11 is 6.22. The summed E-state index contributed by atoms with van der Waals surface area (Å²) in [7, 11) is 1.50. The molecule has 1 fully saturated rings. The van der Waals surface area contributed by atoms with Crippen LogP contribution in [0.4, 0.5) is 5.69 Å². The fraction of sp³-hybridized carbons (Fsp3) is 0.241. The van der Waals surface area contributed by atoms with E-state index in [0.29, 0.717) is 39.3 Å². The molecule has 4 rings (SSSR count). The lowest BCUT2D eigenvalue weighted by atomic mass is 10.0. The highest BCUT2D eigenvalue weighted by molar-refractivity contribution is 6.30. The van der Waals surface area contributed by atoms with E-state index in [0.717, 1.165) is 30.3 Å². The number of nitrogens with one attached hydrogen (secondary N) is 1. The first-order valence-electron chi connectivity index (χ1n) is 12.2. The molecule has 0 unspecified atom stereocenters. The Kier molecular flexibility index (Phi) is 8.43. The molecule has 0 spiro atoms. The van der Waals surface area contributed by atoms with Gasteiger partial charge in [-0.3, -0.25) is 23.9 Å². The number of nitrogens with two attached hydrogens (primary N) is 1. The van der Waals surface area contributed by atoms with Crippen molar-refractivity contribution in [3.8, 4) is 16.9 Å². The van der Waals surface area contributed by atoms with Gasteiger partial charge in [0.2, 0.25) is 5.91 Å². The average Bonchev–Trinajstić information content (AvgIpc) is 3.73. The van der Waals surface area contributed by atoms with Crippen molar-refractivity contribution >= 4 is 35.7 Å². The second-order valence-electron chi connectivity index (χ2n) is 9.18. The number of ether oxygens (including phenoxy) is 1. The van der Waals surface area contributed by atoms with E-state index in [1.54, 1.807) is 48.7 Å². The molecule has 1 saturated carbocycles. The number of nitrogens with zero attached hydrogens (tertiary/aromatic N) is 2. The Morgan fingerprint density at radius 3 is 2.61 bits per heavy atom. The van der Waals surface area contributed by atoms with Crippen molar-refractivity contribution in [3.05, 3.63) is 93.0 Å². The number of benzene rings is 2. The zero-order chi connectivity index (χ0) is 27.2. The maximum atomic E-state index is 13.5. The molecule has 3 N–H and O–H groups in total. The lowest BCUT2D eigenvalue weighted by molar-refractivity contribution is -0.119. The lowest BCUT2D eigenvalue weighted by Crippen LogP contribution is -2.34. The zero-order valence-electron chi connectivity index (χ0n) is 21.2. The van der Waals surface area contributed by atoms with Crippen molar-refractivity contribution in [2.75, 3.05) is 12.4 Å². The van der Waals surface area contributed by atoms with Gasteiger partial charge in [0.15, 0.2) is 0 Å². The number of halogens is 1. The summed E-state index contributed by atoms with van der Waals surface area (Å²) in [5.41, 5.74) is 9.45. The Balaban J connectivity index is 1.72. The second kappa shape index (κ2) is 11.9. The van der Waals surface area contributed by atoms with Gasteiger partial charge in [-0.1, -0.05) is 17.7 Å². The monoisotopic (exact) mass is 532 g/mol. The zero-order valence-corrected chi connectivity index (χ0v) is 21.9. The van der Waals surface area contributed by atoms with Crippen LogP contribution in [0, 0.1) is 6.92 Å². The first-order chi connectivity index (χ1) is 18.3. The van der Waals surface area contributed by atoms with E-state index >= 15 is 0 Å². The van der Waals surface area contributed by atoms with Crippen molar-refractivity contribution in [2.24, 2.45) is 10.7 Å². The smallest absolute Gasteiger partial charge is 0.252 e. The predicted molar refractivity (Wildman–Crippen MR) is 150 cm³/mol. The van der Waals surface area contributed by atoms with E-state index in [1.165, 1.54) is 23.9 Å². The number of rotatable bonds is 10. The summed E-state index contributed by atoms with van der Waals surface area (Å²) < 4.78 is 6.95. The molecule has 9 heteroatoms. The van der Waals surface area contributed by atoms with Crippen LogP contribution < -0.4 is 21.3 Å². The molecule has 1 atom stereocenters. The molecular weight excluding hydrogens is 504 g/mol. The Morgan fingerprint density at radius 1 is 1.21 bits per heavy atom. The van der Waals surface area contributed by atoms with Gasteiger partial charge in [0.25, 0.3) is 5.56 Å². The fourth-order valence-electron chi connectivity index (χ4n) is 3.99. The van der Waals surface area contributed by atoms with Crippen LogP contribution in [0.2, 0.25) is 5.02 Å². The number of methoxy groups -OCH3 is 1. The molecule has 8 nitrogen and oxygen atoms in total. The largest absolute Gasteiger partial charge is 0.495 e. The van der Waals surface area contributed by atoms with E-state index in [-0.39, 0.29) is 6.42 Å². The van der Waals surface area contributed by atoms with Crippen LogP contribution >= 0.6 is 11.6 Å². The Morgan fingerprint density at radius 2 is 1.95 bits per heavy atom. The molecule has 0 bridgehead atoms. The number of allylic oxidation sites excluding steroid dienone is 2. The van der Waals surface area contributed by atoms with Crippen LogP contribution in [0.15, 0.2) is 76.3 Å². The van der Waals surface area contributed by atoms with Crippen molar-refractivity contribution in [2.45, 2.75) is 38.3 Å². The van der Waals surface area contributed by atoms with Crippen LogP contribution in [-0.4, -0.2) is 36.1 Å². The topological polar surface area (TPSA) is 116 Å². The molecule has 2 aromatic carbocycles. The molecule has 196 valence electrons. The van der Waals surface area contributed by atoms with Crippen molar-refractivity contribution in [1.82, 2.24) is 4.57 Å². The van der Waals surface area contributed by atoms with E-state index in [2.05, 4.69) is 10.3 Å². The Hall–Kier alpha value is -4.17. The number of carbonyl (C=O) groups is 2. The third kappa shape index (κ3) is 6.58. The van der Waals surface area contributed by atoms with Crippen LogP contribution in [0.5, 0.6) is 5.75 Å². The molecule has 0 radical (unpaired) electrons. The standard InChI is InChI=1S/C29H29ClN4O4/c1-18-3-6-20(30)13-24(18)25-15-28(36)34(16-27(25)38-2)26(14-21(31)11-12-32-22-9-10-22)29(37)33-23-7-4-19(17-35)5-8-23/h3-8,11-13,15-17,22,26H,9-10,14,31H2,1-2H3,(H,33,37)/t26-/m0/s1. The number of aromatic nitrogens is 1. The predicted octanol–water partition coefficient (Wildman–Crippen LogP) is 4.94. The van der Waals surface area contributed by atoms with Gasteiger partial charge in [-0.2, -0.15) is 0 Å². The lowest BCUT2D eigenvalue weighted by Gasteiger charge is -2.22. The number of amides is 1. The summed E-state index contributed by atoms with van der Waals surface area (Å²) in [4.78, 5) is 42.3. The summed E-state index contributed by atoms with van der Waals surface area (Å²) in [6.07, 6.45) is 7.73.